The highest BCUT2D eigenvalue weighted by Crippen LogP contribution is 2.32. The summed E-state index contributed by atoms with van der Waals surface area (Å²) in [4.78, 5) is 19.8. The van der Waals surface area contributed by atoms with Gasteiger partial charge in [0.15, 0.2) is 0 Å². The van der Waals surface area contributed by atoms with E-state index in [-0.39, 0.29) is 5.91 Å². The van der Waals surface area contributed by atoms with Gasteiger partial charge in [0.2, 0.25) is 12.2 Å². The fraction of sp³-hybridized carbons (Fsp3) is 0.300. The van der Waals surface area contributed by atoms with E-state index in [1.807, 2.05) is 51.9 Å². The van der Waals surface area contributed by atoms with Gasteiger partial charge in [0.25, 0.3) is 5.91 Å². The lowest BCUT2D eigenvalue weighted by Gasteiger charge is -2.26. The molecule has 1 amide bonds. The van der Waals surface area contributed by atoms with Crippen LogP contribution in [0.4, 0.5) is 11.4 Å². The summed E-state index contributed by atoms with van der Waals surface area (Å²) in [5, 5.41) is 15.7. The highest BCUT2D eigenvalue weighted by Gasteiger charge is 2.26. The van der Waals surface area contributed by atoms with Crippen LogP contribution in [0.5, 0.6) is 0 Å². The molecule has 7 nitrogen and oxygen atoms in total. The van der Waals surface area contributed by atoms with Gasteiger partial charge in [0, 0.05) is 13.1 Å². The minimum Gasteiger partial charge on any atom is -0.357 e. The number of piperidine rings is 1. The SMILES string of the molecule is O=C(c1nc2ccccc2n1-c1ccc2c(c1)NC(O)N2)N1CCCCC1. The third kappa shape index (κ3) is 2.71. The van der Waals surface area contributed by atoms with Crippen LogP contribution in [0.3, 0.4) is 0 Å². The van der Waals surface area contributed by atoms with E-state index in [0.29, 0.717) is 5.82 Å². The lowest BCUT2D eigenvalue weighted by atomic mass is 10.1. The van der Waals surface area contributed by atoms with Crippen LogP contribution in [0.2, 0.25) is 0 Å². The molecule has 138 valence electrons. The molecule has 0 aliphatic carbocycles. The number of hydrogen-bond donors (Lipinski definition) is 3. The Kier molecular flexibility index (Phi) is 3.75. The maximum atomic E-state index is 13.2. The van der Waals surface area contributed by atoms with Crippen LogP contribution < -0.4 is 10.6 Å². The van der Waals surface area contributed by atoms with Crippen molar-refractivity contribution in [1.29, 1.82) is 0 Å². The maximum absolute atomic E-state index is 13.2. The average Bonchev–Trinajstić information content (AvgIpc) is 3.27. The largest absolute Gasteiger partial charge is 0.357 e. The normalized spacial score (nSPS) is 18.9. The number of carbonyl (C=O) groups is 1. The van der Waals surface area contributed by atoms with Crippen LogP contribution in [0.1, 0.15) is 29.9 Å². The number of amides is 1. The molecule has 1 saturated heterocycles. The van der Waals surface area contributed by atoms with Crippen LogP contribution >= 0.6 is 0 Å². The molecule has 0 radical (unpaired) electrons. The average molecular weight is 363 g/mol. The van der Waals surface area contributed by atoms with Crippen molar-refractivity contribution < 1.29 is 9.90 Å². The number of imidazole rings is 1. The molecule has 1 unspecified atom stereocenters. The Balaban J connectivity index is 1.65. The first kappa shape index (κ1) is 16.1. The Hall–Kier alpha value is -3.06. The van der Waals surface area contributed by atoms with Gasteiger partial charge in [-0.25, -0.2) is 4.98 Å². The summed E-state index contributed by atoms with van der Waals surface area (Å²) in [5.41, 5.74) is 4.16. The molecule has 2 aromatic carbocycles. The molecular formula is C20H21N5O2. The minimum atomic E-state index is -0.802. The third-order valence-electron chi connectivity index (χ3n) is 5.24. The number of aliphatic hydroxyl groups excluding tert-OH is 1. The molecule has 0 spiro atoms. The molecule has 0 bridgehead atoms. The number of para-hydroxylation sites is 2. The number of fused-ring (bicyclic) bond motifs is 2. The standard InChI is InChI=1S/C20H21N5O2/c26-19(24-10-4-1-5-11-24)18-21-15-6-2-3-7-17(15)25(18)13-8-9-14-16(12-13)23-20(27)22-14/h2-3,6-9,12,20,22-23,27H,1,4-5,10-11H2. The zero-order valence-electron chi connectivity index (χ0n) is 14.9. The molecule has 2 aliphatic heterocycles. The summed E-state index contributed by atoms with van der Waals surface area (Å²) < 4.78 is 1.92. The topological polar surface area (TPSA) is 82.4 Å². The monoisotopic (exact) mass is 363 g/mol. The number of benzene rings is 2. The highest BCUT2D eigenvalue weighted by molar-refractivity contribution is 5.96. The second-order valence-electron chi connectivity index (χ2n) is 7.03. The molecule has 0 saturated carbocycles. The molecule has 3 heterocycles. The summed E-state index contributed by atoms with van der Waals surface area (Å²) in [7, 11) is 0. The quantitative estimate of drug-likeness (QED) is 0.652. The molecule has 3 N–H and O–H groups in total. The Bertz CT molecular complexity index is 1020. The van der Waals surface area contributed by atoms with Crippen molar-refractivity contribution in [2.45, 2.75) is 25.6 Å². The van der Waals surface area contributed by atoms with E-state index < -0.39 is 6.35 Å². The zero-order chi connectivity index (χ0) is 18.4. The molecule has 1 aromatic heterocycles. The van der Waals surface area contributed by atoms with Crippen molar-refractivity contribution >= 4 is 28.3 Å². The second kappa shape index (κ2) is 6.28. The smallest absolute Gasteiger partial charge is 0.290 e. The van der Waals surface area contributed by atoms with Crippen molar-refractivity contribution in [3.63, 3.8) is 0 Å². The maximum Gasteiger partial charge on any atom is 0.290 e. The molecular weight excluding hydrogens is 342 g/mol. The molecule has 5 rings (SSSR count). The van der Waals surface area contributed by atoms with Crippen LogP contribution in [0.25, 0.3) is 16.7 Å². The van der Waals surface area contributed by atoms with Crippen molar-refractivity contribution in [2.75, 3.05) is 23.7 Å². The number of aromatic nitrogens is 2. The first-order valence-corrected chi connectivity index (χ1v) is 9.33. The van der Waals surface area contributed by atoms with E-state index in [2.05, 4.69) is 15.6 Å². The summed E-state index contributed by atoms with van der Waals surface area (Å²) in [6.45, 7) is 1.56. The highest BCUT2D eigenvalue weighted by atomic mass is 16.3. The number of carbonyl (C=O) groups excluding carboxylic acids is 1. The molecule has 27 heavy (non-hydrogen) atoms. The van der Waals surface area contributed by atoms with Gasteiger partial charge in [-0.3, -0.25) is 9.36 Å². The van der Waals surface area contributed by atoms with E-state index in [4.69, 9.17) is 0 Å². The van der Waals surface area contributed by atoms with Crippen LogP contribution in [0, 0.1) is 0 Å². The van der Waals surface area contributed by atoms with Crippen LogP contribution in [-0.2, 0) is 0 Å². The number of likely N-dealkylation sites (tertiary alicyclic amines) is 1. The number of aliphatic hydroxyl groups is 1. The summed E-state index contributed by atoms with van der Waals surface area (Å²) in [6, 6.07) is 13.6. The van der Waals surface area contributed by atoms with Gasteiger partial charge in [0.1, 0.15) is 0 Å². The van der Waals surface area contributed by atoms with E-state index in [0.717, 1.165) is 54.0 Å². The van der Waals surface area contributed by atoms with Gasteiger partial charge in [-0.05, 0) is 49.6 Å². The number of rotatable bonds is 2. The zero-order valence-corrected chi connectivity index (χ0v) is 14.9. The van der Waals surface area contributed by atoms with Crippen molar-refractivity contribution in [3.8, 4) is 5.69 Å². The summed E-state index contributed by atoms with van der Waals surface area (Å²) in [5.74, 6) is 0.405. The lowest BCUT2D eigenvalue weighted by Crippen LogP contribution is -2.37. The molecule has 1 atom stereocenters. The predicted octanol–water partition coefficient (Wildman–Crippen LogP) is 2.76. The number of nitrogens with zero attached hydrogens (tertiary/aromatic N) is 3. The minimum absolute atomic E-state index is 0.0301. The number of anilines is 2. The van der Waals surface area contributed by atoms with E-state index in [1.165, 1.54) is 6.42 Å². The van der Waals surface area contributed by atoms with E-state index in [1.54, 1.807) is 0 Å². The summed E-state index contributed by atoms with van der Waals surface area (Å²) >= 11 is 0. The molecule has 7 heteroatoms. The molecule has 1 fully saturated rings. The van der Waals surface area contributed by atoms with Crippen molar-refractivity contribution in [3.05, 3.63) is 48.3 Å². The molecule has 3 aromatic rings. The van der Waals surface area contributed by atoms with Gasteiger partial charge in [-0.15, -0.1) is 0 Å². The third-order valence-corrected chi connectivity index (χ3v) is 5.24. The first-order chi connectivity index (χ1) is 13.2. The van der Waals surface area contributed by atoms with E-state index >= 15 is 0 Å². The Morgan fingerprint density at radius 3 is 2.67 bits per heavy atom. The van der Waals surface area contributed by atoms with Gasteiger partial charge < -0.3 is 20.6 Å². The number of nitrogens with one attached hydrogen (secondary N) is 2. The van der Waals surface area contributed by atoms with Crippen LogP contribution in [-0.4, -0.2) is 44.9 Å². The summed E-state index contributed by atoms with van der Waals surface area (Å²) in [6.07, 6.45) is 2.45. The lowest BCUT2D eigenvalue weighted by molar-refractivity contribution is 0.0710. The van der Waals surface area contributed by atoms with Gasteiger partial charge in [-0.2, -0.15) is 0 Å². The Morgan fingerprint density at radius 1 is 1.04 bits per heavy atom. The Labute approximate surface area is 156 Å². The van der Waals surface area contributed by atoms with Crippen molar-refractivity contribution in [2.24, 2.45) is 0 Å². The van der Waals surface area contributed by atoms with E-state index in [9.17, 15) is 9.90 Å². The predicted molar refractivity (Wildman–Crippen MR) is 104 cm³/mol. The fourth-order valence-corrected chi connectivity index (χ4v) is 3.92. The second-order valence-corrected chi connectivity index (χ2v) is 7.03. The van der Waals surface area contributed by atoms with Crippen molar-refractivity contribution in [1.82, 2.24) is 14.5 Å². The van der Waals surface area contributed by atoms with Crippen LogP contribution in [0.15, 0.2) is 42.5 Å². The van der Waals surface area contributed by atoms with Gasteiger partial charge >= 0.3 is 0 Å². The number of hydrogen-bond acceptors (Lipinski definition) is 5. The Morgan fingerprint density at radius 2 is 1.81 bits per heavy atom. The fourth-order valence-electron chi connectivity index (χ4n) is 3.92. The first-order valence-electron chi connectivity index (χ1n) is 9.33. The van der Waals surface area contributed by atoms with Gasteiger partial charge in [0.05, 0.1) is 28.1 Å². The molecule has 2 aliphatic rings. The van der Waals surface area contributed by atoms with Gasteiger partial charge in [-0.1, -0.05) is 12.1 Å².